The molecule has 0 aliphatic carbocycles. The van der Waals surface area contributed by atoms with Gasteiger partial charge in [0.25, 0.3) is 0 Å². The van der Waals surface area contributed by atoms with Crippen LogP contribution < -0.4 is 10.2 Å². The predicted molar refractivity (Wildman–Crippen MR) is 115 cm³/mol. The second-order valence-corrected chi connectivity index (χ2v) is 7.38. The van der Waals surface area contributed by atoms with E-state index in [0.717, 1.165) is 41.3 Å². The first kappa shape index (κ1) is 19.2. The lowest BCUT2D eigenvalue weighted by molar-refractivity contribution is -0.116. The normalized spacial score (nSPS) is 14.1. The van der Waals surface area contributed by atoms with Crippen molar-refractivity contribution in [3.8, 4) is 11.1 Å². The number of nitrogens with one attached hydrogen (secondary N) is 1. The third-order valence-electron chi connectivity index (χ3n) is 5.23. The highest BCUT2D eigenvalue weighted by atomic mass is 16.5. The molecule has 1 amide bonds. The Labute approximate surface area is 171 Å². The Morgan fingerprint density at radius 2 is 1.83 bits per heavy atom. The van der Waals surface area contributed by atoms with E-state index in [0.29, 0.717) is 13.2 Å². The maximum atomic E-state index is 12.6. The van der Waals surface area contributed by atoms with Crippen molar-refractivity contribution in [2.24, 2.45) is 0 Å². The van der Waals surface area contributed by atoms with Crippen molar-refractivity contribution >= 4 is 17.4 Å². The Morgan fingerprint density at radius 1 is 1.07 bits per heavy atom. The molecule has 6 heteroatoms. The number of nitrogens with zero attached hydrogens (tertiary/aromatic N) is 3. The van der Waals surface area contributed by atoms with E-state index in [2.05, 4.69) is 29.3 Å². The summed E-state index contributed by atoms with van der Waals surface area (Å²) < 4.78 is 7.21. The number of carbonyl (C=O) groups excluding carboxylic acids is 1. The quantitative estimate of drug-likeness (QED) is 0.723. The molecule has 0 unspecified atom stereocenters. The number of anilines is 2. The van der Waals surface area contributed by atoms with E-state index < -0.39 is 0 Å². The van der Waals surface area contributed by atoms with Gasteiger partial charge in [-0.05, 0) is 42.7 Å². The Morgan fingerprint density at radius 3 is 2.55 bits per heavy atom. The van der Waals surface area contributed by atoms with Gasteiger partial charge in [-0.1, -0.05) is 36.4 Å². The van der Waals surface area contributed by atoms with E-state index in [4.69, 9.17) is 9.84 Å². The molecular formula is C23H26N4O2. The summed E-state index contributed by atoms with van der Waals surface area (Å²) >= 11 is 0. The minimum Gasteiger partial charge on any atom is -0.378 e. The highest BCUT2D eigenvalue weighted by molar-refractivity contribution is 5.90. The van der Waals surface area contributed by atoms with Gasteiger partial charge in [0.2, 0.25) is 5.91 Å². The predicted octanol–water partition coefficient (Wildman–Crippen LogP) is 3.64. The summed E-state index contributed by atoms with van der Waals surface area (Å²) in [4.78, 5) is 14.8. The van der Waals surface area contributed by atoms with Gasteiger partial charge in [0.15, 0.2) is 5.82 Å². The fourth-order valence-electron chi connectivity index (χ4n) is 3.49. The van der Waals surface area contributed by atoms with Crippen LogP contribution in [0.1, 0.15) is 11.1 Å². The smallest absolute Gasteiger partial charge is 0.246 e. The number of amides is 1. The van der Waals surface area contributed by atoms with Crippen LogP contribution in [0.3, 0.4) is 0 Å². The number of hydrogen-bond acceptors (Lipinski definition) is 4. The van der Waals surface area contributed by atoms with Crippen LogP contribution in [0.15, 0.2) is 54.7 Å². The largest absolute Gasteiger partial charge is 0.378 e. The molecule has 1 aliphatic rings. The molecule has 1 fully saturated rings. The van der Waals surface area contributed by atoms with Crippen molar-refractivity contribution in [2.45, 2.75) is 20.4 Å². The van der Waals surface area contributed by atoms with Crippen LogP contribution in [0, 0.1) is 13.8 Å². The highest BCUT2D eigenvalue weighted by Gasteiger charge is 2.20. The molecule has 150 valence electrons. The summed E-state index contributed by atoms with van der Waals surface area (Å²) in [5, 5.41) is 7.72. The third-order valence-corrected chi connectivity index (χ3v) is 5.23. The molecule has 2 heterocycles. The van der Waals surface area contributed by atoms with Crippen molar-refractivity contribution in [1.29, 1.82) is 0 Å². The van der Waals surface area contributed by atoms with Gasteiger partial charge in [-0.15, -0.1) is 0 Å². The van der Waals surface area contributed by atoms with Gasteiger partial charge < -0.3 is 15.0 Å². The van der Waals surface area contributed by atoms with Crippen molar-refractivity contribution in [3.05, 3.63) is 65.9 Å². The van der Waals surface area contributed by atoms with E-state index in [1.54, 1.807) is 4.68 Å². The topological polar surface area (TPSA) is 59.4 Å². The maximum Gasteiger partial charge on any atom is 0.246 e. The first-order valence-corrected chi connectivity index (χ1v) is 9.93. The van der Waals surface area contributed by atoms with E-state index in [9.17, 15) is 4.79 Å². The lowest BCUT2D eigenvalue weighted by atomic mass is 10.1. The van der Waals surface area contributed by atoms with Crippen molar-refractivity contribution in [1.82, 2.24) is 9.78 Å². The second kappa shape index (κ2) is 8.49. The van der Waals surface area contributed by atoms with Gasteiger partial charge in [0.05, 0.1) is 13.2 Å². The number of hydrogen-bond donors (Lipinski definition) is 1. The van der Waals surface area contributed by atoms with Crippen molar-refractivity contribution in [2.75, 3.05) is 36.5 Å². The fraction of sp³-hybridized carbons (Fsp3) is 0.304. The summed E-state index contributed by atoms with van der Waals surface area (Å²) in [6.07, 6.45) is 1.96. The van der Waals surface area contributed by atoms with Gasteiger partial charge in [0.1, 0.15) is 6.54 Å². The van der Waals surface area contributed by atoms with Crippen LogP contribution in [-0.4, -0.2) is 42.0 Å². The van der Waals surface area contributed by atoms with Crippen LogP contribution >= 0.6 is 0 Å². The second-order valence-electron chi connectivity index (χ2n) is 7.38. The number of benzene rings is 2. The standard InChI is InChI=1S/C23H26N4O2/c1-17-8-9-20(14-18(17)2)24-22(28)16-27-15-21(19-6-4-3-5-7-19)23(25-27)26-10-12-29-13-11-26/h3-9,14-15H,10-13,16H2,1-2H3,(H,24,28). The minimum atomic E-state index is -0.0936. The lowest BCUT2D eigenvalue weighted by Crippen LogP contribution is -2.36. The molecule has 3 aromatic rings. The Balaban J connectivity index is 1.56. The number of aryl methyl sites for hydroxylation is 2. The molecule has 2 aromatic carbocycles. The molecular weight excluding hydrogens is 364 g/mol. The van der Waals surface area contributed by atoms with Crippen LogP contribution in [0.5, 0.6) is 0 Å². The Bertz CT molecular complexity index is 991. The SMILES string of the molecule is Cc1ccc(NC(=O)Cn2cc(-c3ccccc3)c(N3CCOCC3)n2)cc1C. The Hall–Kier alpha value is -3.12. The van der Waals surface area contributed by atoms with Gasteiger partial charge >= 0.3 is 0 Å². The fourth-order valence-corrected chi connectivity index (χ4v) is 3.49. The molecule has 1 N–H and O–H groups in total. The molecule has 29 heavy (non-hydrogen) atoms. The number of carbonyl (C=O) groups is 1. The van der Waals surface area contributed by atoms with Gasteiger partial charge in [-0.3, -0.25) is 9.48 Å². The maximum absolute atomic E-state index is 12.6. The molecule has 0 atom stereocenters. The van der Waals surface area contributed by atoms with Gasteiger partial charge in [-0.2, -0.15) is 5.10 Å². The number of morpholine rings is 1. The molecule has 4 rings (SSSR count). The summed E-state index contributed by atoms with van der Waals surface area (Å²) in [5.41, 5.74) is 5.30. The monoisotopic (exact) mass is 390 g/mol. The number of ether oxygens (including phenoxy) is 1. The van der Waals surface area contributed by atoms with E-state index in [-0.39, 0.29) is 12.5 Å². The summed E-state index contributed by atoms with van der Waals surface area (Å²) in [7, 11) is 0. The summed E-state index contributed by atoms with van der Waals surface area (Å²) in [6, 6.07) is 16.1. The first-order valence-electron chi connectivity index (χ1n) is 9.93. The van der Waals surface area contributed by atoms with E-state index in [1.807, 2.05) is 49.5 Å². The lowest BCUT2D eigenvalue weighted by Gasteiger charge is -2.27. The third kappa shape index (κ3) is 4.49. The van der Waals surface area contributed by atoms with Crippen molar-refractivity contribution < 1.29 is 9.53 Å². The highest BCUT2D eigenvalue weighted by Crippen LogP contribution is 2.30. The molecule has 1 aliphatic heterocycles. The molecule has 6 nitrogen and oxygen atoms in total. The van der Waals surface area contributed by atoms with Crippen LogP contribution in [0.4, 0.5) is 11.5 Å². The van der Waals surface area contributed by atoms with Gasteiger partial charge in [-0.25, -0.2) is 0 Å². The van der Waals surface area contributed by atoms with E-state index >= 15 is 0 Å². The molecule has 0 radical (unpaired) electrons. The van der Waals surface area contributed by atoms with Crippen LogP contribution in [0.2, 0.25) is 0 Å². The first-order chi connectivity index (χ1) is 14.1. The molecule has 1 saturated heterocycles. The zero-order valence-corrected chi connectivity index (χ0v) is 16.9. The molecule has 0 bridgehead atoms. The number of rotatable bonds is 5. The molecule has 1 aromatic heterocycles. The van der Waals surface area contributed by atoms with Crippen LogP contribution in [-0.2, 0) is 16.1 Å². The van der Waals surface area contributed by atoms with Gasteiger partial charge in [0, 0.05) is 30.5 Å². The van der Waals surface area contributed by atoms with Crippen LogP contribution in [0.25, 0.3) is 11.1 Å². The van der Waals surface area contributed by atoms with E-state index in [1.165, 1.54) is 5.56 Å². The minimum absolute atomic E-state index is 0.0936. The zero-order chi connectivity index (χ0) is 20.2. The van der Waals surface area contributed by atoms with Crippen molar-refractivity contribution in [3.63, 3.8) is 0 Å². The summed E-state index contributed by atoms with van der Waals surface area (Å²) in [5.74, 6) is 0.808. The number of aromatic nitrogens is 2. The molecule has 0 spiro atoms. The average Bonchev–Trinajstić information content (AvgIpc) is 3.16. The summed E-state index contributed by atoms with van der Waals surface area (Å²) in [6.45, 7) is 7.24. The average molecular weight is 390 g/mol. The Kier molecular flexibility index (Phi) is 5.62. The molecule has 0 saturated carbocycles. The zero-order valence-electron chi connectivity index (χ0n) is 16.9.